The van der Waals surface area contributed by atoms with Crippen LogP contribution in [-0.2, 0) is 9.59 Å². The molecule has 0 bridgehead atoms. The maximum absolute atomic E-state index is 13.5. The van der Waals surface area contributed by atoms with Crippen molar-refractivity contribution in [1.82, 2.24) is 9.80 Å². The van der Waals surface area contributed by atoms with E-state index in [0.29, 0.717) is 23.7 Å². The average molecular weight is 439 g/mol. The van der Waals surface area contributed by atoms with Gasteiger partial charge in [-0.3, -0.25) is 14.5 Å². The molecule has 2 aliphatic rings. The van der Waals surface area contributed by atoms with Crippen molar-refractivity contribution in [3.05, 3.63) is 40.6 Å². The summed E-state index contributed by atoms with van der Waals surface area (Å²) < 4.78 is 0. The van der Waals surface area contributed by atoms with E-state index >= 15 is 0 Å². The number of amides is 2. The smallest absolute Gasteiger partial charge is 0.277 e. The molecule has 2 aliphatic heterocycles. The topological polar surface area (TPSA) is 40.6 Å². The molecule has 1 aromatic rings. The van der Waals surface area contributed by atoms with Gasteiger partial charge in [0.05, 0.1) is 5.57 Å². The summed E-state index contributed by atoms with van der Waals surface area (Å²) in [5, 5.41) is 0. The van der Waals surface area contributed by atoms with Crippen LogP contribution in [0, 0.1) is 19.8 Å². The van der Waals surface area contributed by atoms with Crippen LogP contribution in [-0.4, -0.2) is 41.2 Å². The third kappa shape index (κ3) is 5.82. The number of hydrogen-bond donors (Lipinski definition) is 0. The maximum Gasteiger partial charge on any atom is 0.277 e. The number of aryl methyl sites for hydroxylation is 2. The average Bonchev–Trinajstić information content (AvgIpc) is 3.00. The number of unbranched alkanes of at least 4 members (excludes halogenated alkanes) is 7. The molecule has 0 radical (unpaired) electrons. The van der Waals surface area contributed by atoms with Crippen LogP contribution in [0.3, 0.4) is 0 Å². The van der Waals surface area contributed by atoms with Gasteiger partial charge in [-0.05, 0) is 50.2 Å². The molecule has 1 fully saturated rings. The number of imide groups is 1. The van der Waals surface area contributed by atoms with Crippen LogP contribution in [0.15, 0.2) is 23.9 Å². The van der Waals surface area contributed by atoms with Crippen molar-refractivity contribution >= 4 is 17.4 Å². The number of likely N-dealkylation sites (tertiary alicyclic amines) is 1. The number of nitrogens with zero attached hydrogens (tertiary/aromatic N) is 2. The lowest BCUT2D eigenvalue weighted by Crippen LogP contribution is -2.39. The molecular weight excluding hydrogens is 396 g/mol. The Kier molecular flexibility index (Phi) is 8.95. The van der Waals surface area contributed by atoms with Crippen LogP contribution >= 0.6 is 0 Å². The quantitative estimate of drug-likeness (QED) is 0.303. The monoisotopic (exact) mass is 438 g/mol. The molecule has 32 heavy (non-hydrogen) atoms. The van der Waals surface area contributed by atoms with Crippen molar-refractivity contribution in [2.75, 3.05) is 19.6 Å². The Hall–Kier alpha value is -2.10. The zero-order chi connectivity index (χ0) is 23.1. The van der Waals surface area contributed by atoms with Crippen LogP contribution in [0.4, 0.5) is 0 Å². The number of benzene rings is 1. The van der Waals surface area contributed by atoms with Gasteiger partial charge in [-0.2, -0.15) is 0 Å². The molecule has 1 aromatic carbocycles. The summed E-state index contributed by atoms with van der Waals surface area (Å²) in [6.07, 6.45) is 11.9. The minimum absolute atomic E-state index is 0.0815. The van der Waals surface area contributed by atoms with Gasteiger partial charge in [0, 0.05) is 19.6 Å². The van der Waals surface area contributed by atoms with Gasteiger partial charge in [0.25, 0.3) is 11.8 Å². The summed E-state index contributed by atoms with van der Waals surface area (Å²) in [7, 11) is 0. The Balaban J connectivity index is 1.73. The SMILES string of the molecule is CCCCCCCCCCN1C(=O)C(c2ccc(C)cc2C)=C(N2CCCC(C)C2)C1=O. The van der Waals surface area contributed by atoms with E-state index in [-0.39, 0.29) is 11.8 Å². The minimum Gasteiger partial charge on any atom is -0.366 e. The highest BCUT2D eigenvalue weighted by Crippen LogP contribution is 2.35. The first-order valence-corrected chi connectivity index (χ1v) is 12.9. The first-order chi connectivity index (χ1) is 15.4. The Bertz CT molecular complexity index is 842. The minimum atomic E-state index is -0.0990. The standard InChI is InChI=1S/C28H42N2O2/c1-5-6-7-8-9-10-11-12-18-30-27(31)25(24-16-15-21(2)19-23(24)4)26(28(30)32)29-17-13-14-22(3)20-29/h15-16,19,22H,5-14,17-18,20H2,1-4H3. The molecule has 2 amide bonds. The predicted octanol–water partition coefficient (Wildman–Crippen LogP) is 6.26. The van der Waals surface area contributed by atoms with E-state index in [1.165, 1.54) is 55.4 Å². The van der Waals surface area contributed by atoms with Crippen LogP contribution in [0.25, 0.3) is 5.57 Å². The third-order valence-electron chi connectivity index (χ3n) is 7.00. The van der Waals surface area contributed by atoms with Gasteiger partial charge in [0.1, 0.15) is 5.70 Å². The summed E-state index contributed by atoms with van der Waals surface area (Å²) in [6.45, 7) is 10.8. The summed E-state index contributed by atoms with van der Waals surface area (Å²) in [5.74, 6) is 0.362. The lowest BCUT2D eigenvalue weighted by molar-refractivity contribution is -0.137. The number of carbonyl (C=O) groups excluding carboxylic acids is 2. The van der Waals surface area contributed by atoms with Gasteiger partial charge < -0.3 is 4.90 Å². The zero-order valence-corrected chi connectivity index (χ0v) is 20.7. The molecule has 0 aromatic heterocycles. The van der Waals surface area contributed by atoms with Crippen molar-refractivity contribution in [2.24, 2.45) is 5.92 Å². The van der Waals surface area contributed by atoms with Crippen molar-refractivity contribution in [2.45, 2.75) is 91.9 Å². The summed E-state index contributed by atoms with van der Waals surface area (Å²) in [5.41, 5.74) is 4.43. The van der Waals surface area contributed by atoms with Gasteiger partial charge >= 0.3 is 0 Å². The number of carbonyl (C=O) groups is 2. The fourth-order valence-corrected chi connectivity index (χ4v) is 5.19. The second-order valence-corrected chi connectivity index (χ2v) is 9.97. The first kappa shape index (κ1) is 24.5. The Morgan fingerprint density at radius 3 is 2.28 bits per heavy atom. The molecule has 0 N–H and O–H groups in total. The number of hydrogen-bond acceptors (Lipinski definition) is 3. The summed E-state index contributed by atoms with van der Waals surface area (Å²) in [6, 6.07) is 6.18. The molecular formula is C28H42N2O2. The third-order valence-corrected chi connectivity index (χ3v) is 7.00. The van der Waals surface area contributed by atoms with E-state index in [0.717, 1.165) is 43.5 Å². The molecule has 0 saturated carbocycles. The molecule has 2 heterocycles. The normalized spacial score (nSPS) is 19.4. The zero-order valence-electron chi connectivity index (χ0n) is 20.7. The highest BCUT2D eigenvalue weighted by atomic mass is 16.2. The fourth-order valence-electron chi connectivity index (χ4n) is 5.19. The molecule has 176 valence electrons. The van der Waals surface area contributed by atoms with Crippen LogP contribution in [0.5, 0.6) is 0 Å². The van der Waals surface area contributed by atoms with E-state index in [1.807, 2.05) is 19.1 Å². The van der Waals surface area contributed by atoms with E-state index < -0.39 is 0 Å². The van der Waals surface area contributed by atoms with E-state index in [4.69, 9.17) is 0 Å². The molecule has 0 spiro atoms. The molecule has 3 rings (SSSR count). The lowest BCUT2D eigenvalue weighted by Gasteiger charge is -2.33. The number of rotatable bonds is 11. The maximum atomic E-state index is 13.5. The molecule has 4 heteroatoms. The Morgan fingerprint density at radius 1 is 0.938 bits per heavy atom. The lowest BCUT2D eigenvalue weighted by atomic mass is 9.95. The summed E-state index contributed by atoms with van der Waals surface area (Å²) in [4.78, 5) is 30.8. The highest BCUT2D eigenvalue weighted by molar-refractivity contribution is 6.35. The molecule has 1 atom stereocenters. The van der Waals surface area contributed by atoms with E-state index in [2.05, 4.69) is 31.7 Å². The molecule has 1 saturated heterocycles. The highest BCUT2D eigenvalue weighted by Gasteiger charge is 2.42. The summed E-state index contributed by atoms with van der Waals surface area (Å²) >= 11 is 0. The van der Waals surface area contributed by atoms with Crippen molar-refractivity contribution in [3.63, 3.8) is 0 Å². The second kappa shape index (κ2) is 11.7. The van der Waals surface area contributed by atoms with Crippen molar-refractivity contribution in [1.29, 1.82) is 0 Å². The first-order valence-electron chi connectivity index (χ1n) is 12.9. The van der Waals surface area contributed by atoms with Gasteiger partial charge in [0.15, 0.2) is 0 Å². The molecule has 0 aliphatic carbocycles. The van der Waals surface area contributed by atoms with Crippen molar-refractivity contribution in [3.8, 4) is 0 Å². The van der Waals surface area contributed by atoms with Crippen LogP contribution in [0.2, 0.25) is 0 Å². The fraction of sp³-hybridized carbons (Fsp3) is 0.643. The Labute approximate surface area is 195 Å². The Morgan fingerprint density at radius 2 is 1.62 bits per heavy atom. The number of piperidine rings is 1. The van der Waals surface area contributed by atoms with Crippen LogP contribution in [0.1, 0.15) is 94.7 Å². The van der Waals surface area contributed by atoms with Gasteiger partial charge in [0.2, 0.25) is 0 Å². The molecule has 4 nitrogen and oxygen atoms in total. The largest absolute Gasteiger partial charge is 0.366 e. The van der Waals surface area contributed by atoms with E-state index in [1.54, 1.807) is 0 Å². The molecule has 1 unspecified atom stereocenters. The van der Waals surface area contributed by atoms with Crippen LogP contribution < -0.4 is 0 Å². The van der Waals surface area contributed by atoms with Crippen molar-refractivity contribution < 1.29 is 9.59 Å². The van der Waals surface area contributed by atoms with Gasteiger partial charge in [-0.15, -0.1) is 0 Å². The van der Waals surface area contributed by atoms with Gasteiger partial charge in [-0.25, -0.2) is 0 Å². The second-order valence-electron chi connectivity index (χ2n) is 9.97. The van der Waals surface area contributed by atoms with E-state index in [9.17, 15) is 9.59 Å². The predicted molar refractivity (Wildman–Crippen MR) is 132 cm³/mol. The van der Waals surface area contributed by atoms with Gasteiger partial charge in [-0.1, -0.05) is 82.6 Å².